The molecular weight excluding hydrogens is 306 g/mol. The average Bonchev–Trinajstić information content (AvgIpc) is 2.86. The standard InChI is InChI=1S/C11H10BrNO3S/c1-13(9-3-2-8(12)17-9)6-7-4-5-16-10(7)11(14)15/h2-5H,6H2,1H3,(H,14,15). The van der Waals surface area contributed by atoms with E-state index in [1.807, 2.05) is 24.1 Å². The lowest BCUT2D eigenvalue weighted by Crippen LogP contribution is -2.16. The van der Waals surface area contributed by atoms with Crippen LogP contribution in [0, 0.1) is 0 Å². The van der Waals surface area contributed by atoms with Gasteiger partial charge in [0.15, 0.2) is 0 Å². The van der Waals surface area contributed by atoms with Crippen molar-refractivity contribution in [2.24, 2.45) is 0 Å². The average molecular weight is 316 g/mol. The Kier molecular flexibility index (Phi) is 3.54. The molecule has 0 fully saturated rings. The fraction of sp³-hybridized carbons (Fsp3) is 0.182. The van der Waals surface area contributed by atoms with Gasteiger partial charge in [-0.1, -0.05) is 0 Å². The summed E-state index contributed by atoms with van der Waals surface area (Å²) in [6, 6.07) is 5.63. The molecule has 0 aliphatic rings. The lowest BCUT2D eigenvalue weighted by molar-refractivity contribution is 0.0661. The second kappa shape index (κ2) is 4.93. The molecule has 0 aliphatic carbocycles. The van der Waals surface area contributed by atoms with E-state index in [2.05, 4.69) is 15.9 Å². The first kappa shape index (κ1) is 12.2. The highest BCUT2D eigenvalue weighted by Crippen LogP contribution is 2.30. The molecule has 2 heterocycles. The van der Waals surface area contributed by atoms with Gasteiger partial charge in [-0.25, -0.2) is 4.79 Å². The van der Waals surface area contributed by atoms with E-state index in [1.54, 1.807) is 17.4 Å². The van der Waals surface area contributed by atoms with Crippen molar-refractivity contribution in [1.82, 2.24) is 0 Å². The zero-order valence-electron chi connectivity index (χ0n) is 9.01. The number of nitrogens with zero attached hydrogens (tertiary/aromatic N) is 1. The topological polar surface area (TPSA) is 53.7 Å². The number of hydrogen-bond donors (Lipinski definition) is 1. The third-order valence-corrected chi connectivity index (χ3v) is 4.02. The van der Waals surface area contributed by atoms with Crippen LogP contribution in [0.4, 0.5) is 5.00 Å². The highest BCUT2D eigenvalue weighted by molar-refractivity contribution is 9.11. The van der Waals surface area contributed by atoms with Gasteiger partial charge in [-0.2, -0.15) is 0 Å². The van der Waals surface area contributed by atoms with Crippen LogP contribution in [-0.4, -0.2) is 18.1 Å². The molecule has 0 atom stereocenters. The van der Waals surface area contributed by atoms with Crippen LogP contribution >= 0.6 is 27.3 Å². The summed E-state index contributed by atoms with van der Waals surface area (Å²) >= 11 is 4.99. The van der Waals surface area contributed by atoms with Gasteiger partial charge in [0, 0.05) is 19.2 Å². The molecule has 0 amide bonds. The molecule has 6 heteroatoms. The van der Waals surface area contributed by atoms with Crippen molar-refractivity contribution in [2.45, 2.75) is 6.54 Å². The fourth-order valence-corrected chi connectivity index (χ4v) is 2.81. The number of carbonyl (C=O) groups is 1. The zero-order valence-corrected chi connectivity index (χ0v) is 11.4. The number of carboxylic acid groups (broad SMARTS) is 1. The predicted molar refractivity (Wildman–Crippen MR) is 69.8 cm³/mol. The SMILES string of the molecule is CN(Cc1ccoc1C(=O)O)c1ccc(Br)s1. The van der Waals surface area contributed by atoms with Crippen LogP contribution in [0.25, 0.3) is 0 Å². The van der Waals surface area contributed by atoms with E-state index in [9.17, 15) is 4.79 Å². The summed E-state index contributed by atoms with van der Waals surface area (Å²) in [6.45, 7) is 0.505. The first-order valence-corrected chi connectivity index (χ1v) is 6.45. The van der Waals surface area contributed by atoms with E-state index in [0.717, 1.165) is 8.79 Å². The monoisotopic (exact) mass is 315 g/mol. The maximum absolute atomic E-state index is 10.9. The summed E-state index contributed by atoms with van der Waals surface area (Å²) in [5, 5.41) is 9.99. The van der Waals surface area contributed by atoms with Crippen molar-refractivity contribution >= 4 is 38.2 Å². The van der Waals surface area contributed by atoms with Crippen molar-refractivity contribution in [3.05, 3.63) is 39.6 Å². The van der Waals surface area contributed by atoms with Gasteiger partial charge in [0.05, 0.1) is 15.1 Å². The Labute approximate surface area is 111 Å². The third kappa shape index (κ3) is 2.70. The Balaban J connectivity index is 2.15. The number of carboxylic acids is 1. The number of hydrogen-bond acceptors (Lipinski definition) is 4. The molecule has 0 radical (unpaired) electrons. The smallest absolute Gasteiger partial charge is 0.372 e. The van der Waals surface area contributed by atoms with Gasteiger partial charge in [-0.15, -0.1) is 11.3 Å². The molecule has 2 aromatic rings. The van der Waals surface area contributed by atoms with Crippen molar-refractivity contribution in [3.8, 4) is 0 Å². The number of anilines is 1. The van der Waals surface area contributed by atoms with E-state index in [4.69, 9.17) is 9.52 Å². The van der Waals surface area contributed by atoms with Gasteiger partial charge in [0.1, 0.15) is 0 Å². The molecule has 0 spiro atoms. The lowest BCUT2D eigenvalue weighted by atomic mass is 10.2. The fourth-order valence-electron chi connectivity index (χ4n) is 1.49. The second-order valence-electron chi connectivity index (χ2n) is 3.51. The molecule has 2 rings (SSSR count). The van der Waals surface area contributed by atoms with Crippen molar-refractivity contribution in [1.29, 1.82) is 0 Å². The van der Waals surface area contributed by atoms with Crippen molar-refractivity contribution in [3.63, 3.8) is 0 Å². The van der Waals surface area contributed by atoms with Crippen LogP contribution in [0.2, 0.25) is 0 Å². The molecule has 0 unspecified atom stereocenters. The second-order valence-corrected chi connectivity index (χ2v) is 5.96. The van der Waals surface area contributed by atoms with Crippen molar-refractivity contribution < 1.29 is 14.3 Å². The van der Waals surface area contributed by atoms with Crippen LogP contribution in [0.1, 0.15) is 16.1 Å². The van der Waals surface area contributed by atoms with E-state index in [1.165, 1.54) is 6.26 Å². The van der Waals surface area contributed by atoms with E-state index in [-0.39, 0.29) is 5.76 Å². The van der Waals surface area contributed by atoms with Crippen LogP contribution in [-0.2, 0) is 6.54 Å². The molecule has 1 N–H and O–H groups in total. The Morgan fingerprint density at radius 1 is 1.53 bits per heavy atom. The molecule has 2 aromatic heterocycles. The lowest BCUT2D eigenvalue weighted by Gasteiger charge is -2.16. The minimum Gasteiger partial charge on any atom is -0.475 e. The van der Waals surface area contributed by atoms with Crippen LogP contribution in [0.3, 0.4) is 0 Å². The summed E-state index contributed by atoms with van der Waals surface area (Å²) in [6.07, 6.45) is 1.40. The minimum atomic E-state index is -1.04. The molecule has 17 heavy (non-hydrogen) atoms. The van der Waals surface area contributed by atoms with E-state index >= 15 is 0 Å². The molecule has 0 aliphatic heterocycles. The van der Waals surface area contributed by atoms with E-state index < -0.39 is 5.97 Å². The zero-order chi connectivity index (χ0) is 12.4. The Bertz CT molecular complexity index is 534. The van der Waals surface area contributed by atoms with Crippen molar-refractivity contribution in [2.75, 3.05) is 11.9 Å². The summed E-state index contributed by atoms with van der Waals surface area (Å²) in [5.74, 6) is -1.03. The molecule has 0 saturated carbocycles. The number of aromatic carboxylic acids is 1. The first-order valence-electron chi connectivity index (χ1n) is 4.84. The van der Waals surface area contributed by atoms with Crippen LogP contribution in [0.15, 0.2) is 32.7 Å². The van der Waals surface area contributed by atoms with Crippen LogP contribution in [0.5, 0.6) is 0 Å². The van der Waals surface area contributed by atoms with Gasteiger partial charge >= 0.3 is 5.97 Å². The highest BCUT2D eigenvalue weighted by atomic mass is 79.9. The summed E-state index contributed by atoms with van der Waals surface area (Å²) in [5.41, 5.74) is 0.671. The van der Waals surface area contributed by atoms with Gasteiger partial charge in [0.25, 0.3) is 0 Å². The quantitative estimate of drug-likeness (QED) is 0.939. The number of furan rings is 1. The van der Waals surface area contributed by atoms with E-state index in [0.29, 0.717) is 12.1 Å². The molecular formula is C11H10BrNO3S. The number of rotatable bonds is 4. The largest absolute Gasteiger partial charge is 0.475 e. The summed E-state index contributed by atoms with van der Waals surface area (Å²) in [4.78, 5) is 12.9. The molecule has 0 aromatic carbocycles. The molecule has 90 valence electrons. The maximum Gasteiger partial charge on any atom is 0.372 e. The minimum absolute atomic E-state index is 0.00692. The Hall–Kier alpha value is -1.27. The number of thiophene rings is 1. The molecule has 0 bridgehead atoms. The van der Waals surface area contributed by atoms with Gasteiger partial charge in [-0.3, -0.25) is 0 Å². The van der Waals surface area contributed by atoms with Gasteiger partial charge in [0.2, 0.25) is 5.76 Å². The maximum atomic E-state index is 10.9. The highest BCUT2D eigenvalue weighted by Gasteiger charge is 2.15. The normalized spacial score (nSPS) is 10.5. The first-order chi connectivity index (χ1) is 8.08. The Morgan fingerprint density at radius 2 is 2.29 bits per heavy atom. The summed E-state index contributed by atoms with van der Waals surface area (Å²) in [7, 11) is 1.91. The van der Waals surface area contributed by atoms with Gasteiger partial charge in [-0.05, 0) is 34.1 Å². The van der Waals surface area contributed by atoms with Gasteiger partial charge < -0.3 is 14.4 Å². The molecule has 0 saturated heterocycles. The third-order valence-electron chi connectivity index (χ3n) is 2.28. The Morgan fingerprint density at radius 3 is 2.88 bits per heavy atom. The predicted octanol–water partition coefficient (Wildman–Crippen LogP) is 3.44. The number of halogens is 1. The molecule has 4 nitrogen and oxygen atoms in total. The van der Waals surface area contributed by atoms with Crippen LogP contribution < -0.4 is 4.90 Å². The summed E-state index contributed by atoms with van der Waals surface area (Å²) < 4.78 is 5.98.